The van der Waals surface area contributed by atoms with Gasteiger partial charge in [0.05, 0.1) is 11.6 Å². The van der Waals surface area contributed by atoms with Crippen LogP contribution < -0.4 is 0 Å². The molecule has 10 heteroatoms. The van der Waals surface area contributed by atoms with Crippen LogP contribution in [0.4, 0.5) is 13.2 Å². The maximum atomic E-state index is 13.4. The number of rotatable bonds is 9. The van der Waals surface area contributed by atoms with Gasteiger partial charge in [0.1, 0.15) is 0 Å². The first-order valence-electron chi connectivity index (χ1n) is 14.3. The molecule has 220 valence electrons. The monoisotopic (exact) mass is 571 g/mol. The predicted molar refractivity (Wildman–Crippen MR) is 146 cm³/mol. The topological polar surface area (TPSA) is 81.2 Å². The van der Waals surface area contributed by atoms with Gasteiger partial charge in [-0.2, -0.15) is 13.2 Å². The Morgan fingerprint density at radius 2 is 1.76 bits per heavy atom. The van der Waals surface area contributed by atoms with Gasteiger partial charge in [0.15, 0.2) is 0 Å². The van der Waals surface area contributed by atoms with E-state index in [4.69, 9.17) is 0 Å². The van der Waals surface area contributed by atoms with Crippen LogP contribution in [0.1, 0.15) is 78.0 Å². The fourth-order valence-electron chi connectivity index (χ4n) is 6.46. The Hall–Kier alpha value is -3.40. The standard InChI is InChI=1S/C31H36F3N3O4/c1-20-25-10-9-23(29(39)40)16-24(25)19-36(20)28(38)8-5-13-35-14-11-21(12-15-35)18-37(30(41)31(32,33)34)27-17-26(27)22-6-3-2-4-7-22/h2-4,6-7,9-10,16,20-21,26-27H,5,8,11-15,17-19H2,1H3,(H,39,40). The molecule has 1 N–H and O–H groups in total. The molecule has 2 aromatic rings. The summed E-state index contributed by atoms with van der Waals surface area (Å²) < 4.78 is 40.3. The van der Waals surface area contributed by atoms with E-state index in [1.54, 1.807) is 23.1 Å². The molecule has 0 aromatic heterocycles. The highest BCUT2D eigenvalue weighted by atomic mass is 19.4. The van der Waals surface area contributed by atoms with Gasteiger partial charge in [-0.25, -0.2) is 4.79 Å². The number of likely N-dealkylation sites (tertiary alicyclic amines) is 1. The summed E-state index contributed by atoms with van der Waals surface area (Å²) in [7, 11) is 0. The number of halogens is 3. The maximum Gasteiger partial charge on any atom is 0.471 e. The van der Waals surface area contributed by atoms with Crippen molar-refractivity contribution in [2.45, 2.75) is 69.8 Å². The number of carboxylic acid groups (broad SMARTS) is 1. The largest absolute Gasteiger partial charge is 0.478 e. The van der Waals surface area contributed by atoms with Gasteiger partial charge in [-0.15, -0.1) is 0 Å². The van der Waals surface area contributed by atoms with Crippen molar-refractivity contribution in [1.29, 1.82) is 0 Å². The lowest BCUT2D eigenvalue weighted by atomic mass is 9.95. The fourth-order valence-corrected chi connectivity index (χ4v) is 6.46. The van der Waals surface area contributed by atoms with E-state index in [0.29, 0.717) is 38.6 Å². The number of carboxylic acids is 1. The number of hydrogen-bond acceptors (Lipinski definition) is 4. The highest BCUT2D eigenvalue weighted by Gasteiger charge is 2.52. The molecule has 5 rings (SSSR count). The molecule has 2 heterocycles. The summed E-state index contributed by atoms with van der Waals surface area (Å²) in [6, 6.07) is 13.9. The van der Waals surface area contributed by atoms with Crippen LogP contribution in [-0.4, -0.2) is 76.0 Å². The molecule has 3 aliphatic rings. The van der Waals surface area contributed by atoms with E-state index in [1.807, 2.05) is 37.3 Å². The van der Waals surface area contributed by atoms with Crippen molar-refractivity contribution in [3.05, 3.63) is 70.8 Å². The third-order valence-electron chi connectivity index (χ3n) is 8.88. The van der Waals surface area contributed by atoms with Crippen molar-refractivity contribution in [2.75, 3.05) is 26.2 Å². The predicted octanol–water partition coefficient (Wildman–Crippen LogP) is 5.23. The molecule has 1 saturated carbocycles. The molecule has 2 aromatic carbocycles. The minimum atomic E-state index is -4.89. The molecule has 2 amide bonds. The lowest BCUT2D eigenvalue weighted by Gasteiger charge is -2.35. The van der Waals surface area contributed by atoms with Crippen LogP contribution in [0.3, 0.4) is 0 Å². The van der Waals surface area contributed by atoms with Crippen LogP contribution >= 0.6 is 0 Å². The van der Waals surface area contributed by atoms with E-state index in [-0.39, 0.29) is 35.9 Å². The summed E-state index contributed by atoms with van der Waals surface area (Å²) in [6.07, 6.45) is -1.86. The Morgan fingerprint density at radius 3 is 2.41 bits per heavy atom. The molecule has 2 fully saturated rings. The molecule has 3 unspecified atom stereocenters. The number of benzene rings is 2. The summed E-state index contributed by atoms with van der Waals surface area (Å²) in [4.78, 5) is 41.7. The first-order valence-corrected chi connectivity index (χ1v) is 14.3. The summed E-state index contributed by atoms with van der Waals surface area (Å²) in [5.41, 5.74) is 3.03. The summed E-state index contributed by atoms with van der Waals surface area (Å²) in [5, 5.41) is 9.25. The van der Waals surface area contributed by atoms with Crippen molar-refractivity contribution < 1.29 is 32.7 Å². The third-order valence-corrected chi connectivity index (χ3v) is 8.88. The number of piperidine rings is 1. The zero-order valence-electron chi connectivity index (χ0n) is 23.1. The minimum Gasteiger partial charge on any atom is -0.478 e. The fraction of sp³-hybridized carbons (Fsp3) is 0.516. The van der Waals surface area contributed by atoms with Crippen LogP contribution in [-0.2, 0) is 16.1 Å². The van der Waals surface area contributed by atoms with Gasteiger partial charge in [-0.3, -0.25) is 9.59 Å². The van der Waals surface area contributed by atoms with Gasteiger partial charge in [0, 0.05) is 31.5 Å². The van der Waals surface area contributed by atoms with Crippen LogP contribution in [0.25, 0.3) is 0 Å². The minimum absolute atomic E-state index is 0.0100. The zero-order chi connectivity index (χ0) is 29.3. The maximum absolute atomic E-state index is 13.4. The normalized spacial score (nSPS) is 22.8. The molecule has 0 bridgehead atoms. The van der Waals surface area contributed by atoms with E-state index >= 15 is 0 Å². The molecule has 0 radical (unpaired) electrons. The molecular weight excluding hydrogens is 535 g/mol. The molecular formula is C31H36F3N3O4. The first kappa shape index (κ1) is 29.1. The van der Waals surface area contributed by atoms with Crippen LogP contribution in [0, 0.1) is 5.92 Å². The number of hydrogen-bond donors (Lipinski definition) is 1. The number of amides is 2. The average Bonchev–Trinajstić information content (AvgIpc) is 3.68. The summed E-state index contributed by atoms with van der Waals surface area (Å²) in [6.45, 7) is 4.65. The van der Waals surface area contributed by atoms with Crippen molar-refractivity contribution >= 4 is 17.8 Å². The Balaban J connectivity index is 1.08. The van der Waals surface area contributed by atoms with Gasteiger partial charge in [-0.1, -0.05) is 36.4 Å². The quantitative estimate of drug-likeness (QED) is 0.446. The lowest BCUT2D eigenvalue weighted by Crippen LogP contribution is -2.47. The lowest BCUT2D eigenvalue weighted by molar-refractivity contribution is -0.187. The first-order chi connectivity index (χ1) is 19.5. The second-order valence-corrected chi connectivity index (χ2v) is 11.6. The van der Waals surface area contributed by atoms with E-state index in [0.717, 1.165) is 41.2 Å². The van der Waals surface area contributed by atoms with Crippen molar-refractivity contribution in [2.24, 2.45) is 5.92 Å². The zero-order valence-corrected chi connectivity index (χ0v) is 23.1. The van der Waals surface area contributed by atoms with E-state index < -0.39 is 24.1 Å². The average molecular weight is 572 g/mol. The number of aromatic carboxylic acids is 1. The third kappa shape index (κ3) is 6.58. The Labute approximate surface area is 237 Å². The van der Waals surface area contributed by atoms with Crippen LogP contribution in [0.2, 0.25) is 0 Å². The van der Waals surface area contributed by atoms with Gasteiger partial charge in [-0.05, 0) is 87.0 Å². The molecule has 7 nitrogen and oxygen atoms in total. The van der Waals surface area contributed by atoms with Crippen molar-refractivity contribution in [1.82, 2.24) is 14.7 Å². The smallest absolute Gasteiger partial charge is 0.471 e. The summed E-state index contributed by atoms with van der Waals surface area (Å²) in [5.74, 6) is -2.74. The molecule has 1 saturated heterocycles. The SMILES string of the molecule is CC1c2ccc(C(=O)O)cc2CN1C(=O)CCCN1CCC(CN(C(=O)C(F)(F)F)C2CC2c2ccccc2)CC1. The number of nitrogens with zero attached hydrogens (tertiary/aromatic N) is 3. The number of fused-ring (bicyclic) bond motifs is 1. The van der Waals surface area contributed by atoms with E-state index in [9.17, 15) is 32.7 Å². The van der Waals surface area contributed by atoms with E-state index in [1.165, 1.54) is 0 Å². The Bertz CT molecular complexity index is 1280. The van der Waals surface area contributed by atoms with Gasteiger partial charge in [0.2, 0.25) is 5.91 Å². The number of alkyl halides is 3. The molecule has 2 aliphatic heterocycles. The highest BCUT2D eigenvalue weighted by Crippen LogP contribution is 2.46. The van der Waals surface area contributed by atoms with Gasteiger partial charge >= 0.3 is 18.1 Å². The number of carbonyl (C=O) groups is 3. The van der Waals surface area contributed by atoms with Gasteiger partial charge in [0.25, 0.3) is 0 Å². The number of carbonyl (C=O) groups excluding carboxylic acids is 2. The molecule has 41 heavy (non-hydrogen) atoms. The molecule has 3 atom stereocenters. The van der Waals surface area contributed by atoms with E-state index in [2.05, 4.69) is 4.90 Å². The summed E-state index contributed by atoms with van der Waals surface area (Å²) >= 11 is 0. The highest BCUT2D eigenvalue weighted by molar-refractivity contribution is 5.88. The van der Waals surface area contributed by atoms with Crippen LogP contribution in [0.5, 0.6) is 0 Å². The Kier molecular flexibility index (Phi) is 8.40. The second-order valence-electron chi connectivity index (χ2n) is 11.6. The second kappa shape index (κ2) is 11.8. The molecule has 1 aliphatic carbocycles. The van der Waals surface area contributed by atoms with Gasteiger partial charge < -0.3 is 19.8 Å². The van der Waals surface area contributed by atoms with Crippen molar-refractivity contribution in [3.63, 3.8) is 0 Å². The molecule has 0 spiro atoms. The van der Waals surface area contributed by atoms with Crippen molar-refractivity contribution in [3.8, 4) is 0 Å². The van der Waals surface area contributed by atoms with Crippen LogP contribution in [0.15, 0.2) is 48.5 Å². The Morgan fingerprint density at radius 1 is 1.05 bits per heavy atom.